The van der Waals surface area contributed by atoms with Gasteiger partial charge in [-0.2, -0.15) is 0 Å². The van der Waals surface area contributed by atoms with Gasteiger partial charge in [-0.25, -0.2) is 0 Å². The van der Waals surface area contributed by atoms with E-state index in [-0.39, 0.29) is 0 Å². The summed E-state index contributed by atoms with van der Waals surface area (Å²) in [5.41, 5.74) is 0. The Morgan fingerprint density at radius 1 is 1.30 bits per heavy atom. The van der Waals surface area contributed by atoms with Gasteiger partial charge in [0.25, 0.3) is 0 Å². The highest BCUT2D eigenvalue weighted by molar-refractivity contribution is 4.71. The first-order valence-corrected chi connectivity index (χ1v) is 4.45. The van der Waals surface area contributed by atoms with E-state index < -0.39 is 0 Å². The predicted octanol–water partition coefficient (Wildman–Crippen LogP) is 2.20. The van der Waals surface area contributed by atoms with Crippen molar-refractivity contribution in [3.05, 3.63) is 0 Å². The molecule has 0 aromatic carbocycles. The van der Waals surface area contributed by atoms with Crippen LogP contribution in [0.15, 0.2) is 0 Å². The highest BCUT2D eigenvalue weighted by Crippen LogP contribution is 2.31. The van der Waals surface area contributed by atoms with Gasteiger partial charge in [0, 0.05) is 6.61 Å². The summed E-state index contributed by atoms with van der Waals surface area (Å²) in [4.78, 5) is 0. The maximum absolute atomic E-state index is 8.74. The van der Waals surface area contributed by atoms with Gasteiger partial charge >= 0.3 is 0 Å². The van der Waals surface area contributed by atoms with Crippen molar-refractivity contribution in [2.24, 2.45) is 11.8 Å². The van der Waals surface area contributed by atoms with Gasteiger partial charge in [-0.15, -0.1) is 0 Å². The number of hydrogen-bond acceptors (Lipinski definition) is 1. The molecule has 0 saturated heterocycles. The Labute approximate surface area is 63.4 Å². The number of aliphatic hydroxyl groups is 1. The molecule has 0 aromatic heterocycles. The quantitative estimate of drug-likeness (QED) is 0.626. The lowest BCUT2D eigenvalue weighted by Crippen LogP contribution is -2.17. The number of hydrogen-bond donors (Lipinski definition) is 1. The standard InChI is InChI=1S/C9H18O/c1-8-4-2-3-5-9(8)6-7-10/h8-10H,2-7H2,1H3. The minimum Gasteiger partial charge on any atom is -0.396 e. The van der Waals surface area contributed by atoms with Crippen molar-refractivity contribution in [2.75, 3.05) is 6.61 Å². The van der Waals surface area contributed by atoms with Gasteiger partial charge in [0.15, 0.2) is 0 Å². The molecule has 0 amide bonds. The Morgan fingerprint density at radius 2 is 2.00 bits per heavy atom. The smallest absolute Gasteiger partial charge is 0.0433 e. The molecule has 0 aliphatic heterocycles. The SMILES string of the molecule is CC1CCCCC1CCO. The monoisotopic (exact) mass is 142 g/mol. The summed E-state index contributed by atoms with van der Waals surface area (Å²) in [6, 6.07) is 0. The maximum atomic E-state index is 8.74. The van der Waals surface area contributed by atoms with Crippen LogP contribution in [0.1, 0.15) is 39.0 Å². The van der Waals surface area contributed by atoms with Gasteiger partial charge < -0.3 is 5.11 Å². The maximum Gasteiger partial charge on any atom is 0.0433 e. The third-order valence-electron chi connectivity index (χ3n) is 2.79. The van der Waals surface area contributed by atoms with Crippen LogP contribution < -0.4 is 0 Å². The van der Waals surface area contributed by atoms with Crippen LogP contribution in [0.4, 0.5) is 0 Å². The minimum absolute atomic E-state index is 0.384. The van der Waals surface area contributed by atoms with Crippen LogP contribution in [0.25, 0.3) is 0 Å². The molecule has 0 spiro atoms. The van der Waals surface area contributed by atoms with Crippen LogP contribution in [0, 0.1) is 11.8 Å². The molecule has 1 heteroatoms. The highest BCUT2D eigenvalue weighted by atomic mass is 16.3. The molecule has 0 bridgehead atoms. The molecule has 60 valence electrons. The van der Waals surface area contributed by atoms with E-state index in [0.29, 0.717) is 6.61 Å². The third-order valence-corrected chi connectivity index (χ3v) is 2.79. The molecule has 2 atom stereocenters. The van der Waals surface area contributed by atoms with E-state index in [9.17, 15) is 0 Å². The Hall–Kier alpha value is -0.0400. The zero-order valence-electron chi connectivity index (χ0n) is 6.84. The molecule has 1 fully saturated rings. The molecule has 10 heavy (non-hydrogen) atoms. The average Bonchev–Trinajstić information content (AvgIpc) is 1.94. The summed E-state index contributed by atoms with van der Waals surface area (Å²) in [7, 11) is 0. The van der Waals surface area contributed by atoms with Crippen molar-refractivity contribution in [3.63, 3.8) is 0 Å². The van der Waals surface area contributed by atoms with Gasteiger partial charge in [0.2, 0.25) is 0 Å². The first-order chi connectivity index (χ1) is 4.84. The largest absolute Gasteiger partial charge is 0.396 e. The molecule has 0 aromatic rings. The Kier molecular flexibility index (Phi) is 3.20. The van der Waals surface area contributed by atoms with E-state index in [4.69, 9.17) is 5.11 Å². The molecule has 0 radical (unpaired) electrons. The van der Waals surface area contributed by atoms with Crippen molar-refractivity contribution in [2.45, 2.75) is 39.0 Å². The first kappa shape index (κ1) is 8.06. The van der Waals surface area contributed by atoms with Crippen molar-refractivity contribution < 1.29 is 5.11 Å². The summed E-state index contributed by atoms with van der Waals surface area (Å²) < 4.78 is 0. The lowest BCUT2D eigenvalue weighted by atomic mass is 9.79. The zero-order valence-corrected chi connectivity index (χ0v) is 6.84. The van der Waals surface area contributed by atoms with Gasteiger partial charge in [0.1, 0.15) is 0 Å². The molecule has 2 unspecified atom stereocenters. The molecule has 1 rings (SSSR count). The van der Waals surface area contributed by atoms with Crippen LogP contribution in [0.3, 0.4) is 0 Å². The molecule has 1 N–H and O–H groups in total. The van der Waals surface area contributed by atoms with Crippen molar-refractivity contribution in [3.8, 4) is 0 Å². The minimum atomic E-state index is 0.384. The van der Waals surface area contributed by atoms with Gasteiger partial charge in [-0.05, 0) is 18.3 Å². The summed E-state index contributed by atoms with van der Waals surface area (Å²) in [5, 5.41) is 8.74. The fraction of sp³-hybridized carbons (Fsp3) is 1.00. The average molecular weight is 142 g/mol. The normalized spacial score (nSPS) is 34.2. The topological polar surface area (TPSA) is 20.2 Å². The summed E-state index contributed by atoms with van der Waals surface area (Å²) in [5.74, 6) is 1.68. The molecular formula is C9H18O. The molecule has 0 heterocycles. The van der Waals surface area contributed by atoms with Gasteiger partial charge in [-0.1, -0.05) is 32.6 Å². The van der Waals surface area contributed by atoms with Crippen LogP contribution >= 0.6 is 0 Å². The van der Waals surface area contributed by atoms with Crippen molar-refractivity contribution in [1.82, 2.24) is 0 Å². The van der Waals surface area contributed by atoms with Crippen molar-refractivity contribution >= 4 is 0 Å². The van der Waals surface area contributed by atoms with Crippen LogP contribution in [-0.4, -0.2) is 11.7 Å². The second-order valence-corrected chi connectivity index (χ2v) is 3.53. The van der Waals surface area contributed by atoms with E-state index >= 15 is 0 Å². The highest BCUT2D eigenvalue weighted by Gasteiger charge is 2.19. The fourth-order valence-corrected chi connectivity index (χ4v) is 1.99. The molecular weight excluding hydrogens is 124 g/mol. The van der Waals surface area contributed by atoms with E-state index in [1.165, 1.54) is 25.7 Å². The van der Waals surface area contributed by atoms with E-state index in [0.717, 1.165) is 18.3 Å². The fourth-order valence-electron chi connectivity index (χ4n) is 1.99. The predicted molar refractivity (Wildman–Crippen MR) is 42.8 cm³/mol. The zero-order chi connectivity index (χ0) is 7.40. The summed E-state index contributed by atoms with van der Waals surface area (Å²) in [6.45, 7) is 2.70. The molecule has 1 nitrogen and oxygen atoms in total. The number of aliphatic hydroxyl groups excluding tert-OH is 1. The first-order valence-electron chi connectivity index (χ1n) is 4.45. The second-order valence-electron chi connectivity index (χ2n) is 3.53. The van der Waals surface area contributed by atoms with Crippen molar-refractivity contribution in [1.29, 1.82) is 0 Å². The molecule has 1 aliphatic carbocycles. The third kappa shape index (κ3) is 1.98. The second kappa shape index (κ2) is 3.97. The van der Waals surface area contributed by atoms with Gasteiger partial charge in [-0.3, -0.25) is 0 Å². The van der Waals surface area contributed by atoms with Crippen LogP contribution in [0.5, 0.6) is 0 Å². The summed E-state index contributed by atoms with van der Waals surface area (Å²) in [6.07, 6.45) is 6.55. The van der Waals surface area contributed by atoms with E-state index in [2.05, 4.69) is 6.92 Å². The summed E-state index contributed by atoms with van der Waals surface area (Å²) >= 11 is 0. The van der Waals surface area contributed by atoms with Crippen LogP contribution in [-0.2, 0) is 0 Å². The Bertz CT molecular complexity index is 88.7. The number of rotatable bonds is 2. The Balaban J connectivity index is 2.25. The van der Waals surface area contributed by atoms with Crippen LogP contribution in [0.2, 0.25) is 0 Å². The lowest BCUT2D eigenvalue weighted by molar-refractivity contribution is 0.186. The Morgan fingerprint density at radius 3 is 2.60 bits per heavy atom. The van der Waals surface area contributed by atoms with Gasteiger partial charge in [0.05, 0.1) is 0 Å². The lowest BCUT2D eigenvalue weighted by Gasteiger charge is -2.27. The van der Waals surface area contributed by atoms with E-state index in [1.54, 1.807) is 0 Å². The molecule has 1 saturated carbocycles. The van der Waals surface area contributed by atoms with E-state index in [1.807, 2.05) is 0 Å². The molecule has 1 aliphatic rings.